The summed E-state index contributed by atoms with van der Waals surface area (Å²) in [7, 11) is 0. The summed E-state index contributed by atoms with van der Waals surface area (Å²) in [5.41, 5.74) is 1.16. The van der Waals surface area contributed by atoms with Gasteiger partial charge in [-0.2, -0.15) is 11.8 Å². The van der Waals surface area contributed by atoms with Crippen LogP contribution in [-0.2, 0) is 6.42 Å². The molecule has 2 rings (SSSR count). The van der Waals surface area contributed by atoms with Crippen molar-refractivity contribution < 1.29 is 0 Å². The summed E-state index contributed by atoms with van der Waals surface area (Å²) >= 11 is 3.81. The molecular weight excluding hydrogens is 427 g/mol. The summed E-state index contributed by atoms with van der Waals surface area (Å²) < 4.78 is 0. The van der Waals surface area contributed by atoms with Crippen molar-refractivity contribution in [2.75, 3.05) is 31.9 Å². The number of halogens is 1. The first-order chi connectivity index (χ1) is 10.2. The molecular formula is C15H27IN4S2. The zero-order valence-corrected chi connectivity index (χ0v) is 17.6. The van der Waals surface area contributed by atoms with E-state index >= 15 is 0 Å². The van der Waals surface area contributed by atoms with E-state index in [0.717, 1.165) is 54.5 Å². The fraction of sp³-hybridized carbons (Fsp3) is 0.733. The Morgan fingerprint density at radius 3 is 2.95 bits per heavy atom. The molecule has 2 heterocycles. The monoisotopic (exact) mass is 454 g/mol. The van der Waals surface area contributed by atoms with Gasteiger partial charge in [-0.3, -0.25) is 4.99 Å². The van der Waals surface area contributed by atoms with Crippen LogP contribution in [0.4, 0.5) is 0 Å². The highest BCUT2D eigenvalue weighted by molar-refractivity contribution is 14.0. The van der Waals surface area contributed by atoms with Crippen molar-refractivity contribution in [2.24, 2.45) is 4.99 Å². The number of guanidine groups is 1. The van der Waals surface area contributed by atoms with E-state index in [-0.39, 0.29) is 24.0 Å². The molecule has 1 fully saturated rings. The Hall–Kier alpha value is -0.0200. The first-order valence-electron chi connectivity index (χ1n) is 7.78. The van der Waals surface area contributed by atoms with Crippen LogP contribution < -0.4 is 5.32 Å². The van der Waals surface area contributed by atoms with Crippen LogP contribution in [0.25, 0.3) is 0 Å². The fourth-order valence-electron chi connectivity index (χ4n) is 2.38. The molecule has 4 nitrogen and oxygen atoms in total. The van der Waals surface area contributed by atoms with Gasteiger partial charge in [-0.25, -0.2) is 4.98 Å². The molecule has 1 atom stereocenters. The number of hydrogen-bond donors (Lipinski definition) is 1. The molecule has 0 aliphatic carbocycles. The smallest absolute Gasteiger partial charge is 0.193 e. The number of thiazole rings is 1. The van der Waals surface area contributed by atoms with Gasteiger partial charge in [-0.15, -0.1) is 35.3 Å². The van der Waals surface area contributed by atoms with E-state index in [1.807, 2.05) is 0 Å². The maximum Gasteiger partial charge on any atom is 0.193 e. The lowest BCUT2D eigenvalue weighted by molar-refractivity contribution is 0.408. The molecule has 126 valence electrons. The molecule has 1 N–H and O–H groups in total. The Bertz CT molecular complexity index is 464. The van der Waals surface area contributed by atoms with Crippen molar-refractivity contribution in [1.82, 2.24) is 15.2 Å². The average molecular weight is 454 g/mol. The fourth-order valence-corrected chi connectivity index (χ4v) is 4.21. The third kappa shape index (κ3) is 6.23. The number of nitrogens with one attached hydrogen (secondary N) is 1. The van der Waals surface area contributed by atoms with Crippen LogP contribution in [0, 0.1) is 6.92 Å². The van der Waals surface area contributed by atoms with Gasteiger partial charge < -0.3 is 10.2 Å². The minimum absolute atomic E-state index is 0. The number of aliphatic imine (C=N–C) groups is 1. The summed E-state index contributed by atoms with van der Waals surface area (Å²) in [5, 5.41) is 7.46. The second kappa shape index (κ2) is 10.7. The van der Waals surface area contributed by atoms with E-state index < -0.39 is 0 Å². The Morgan fingerprint density at radius 1 is 1.50 bits per heavy atom. The number of hydrogen-bond acceptors (Lipinski definition) is 4. The molecule has 0 saturated carbocycles. The summed E-state index contributed by atoms with van der Waals surface area (Å²) in [6.07, 6.45) is 2.16. The van der Waals surface area contributed by atoms with E-state index in [0.29, 0.717) is 0 Å². The summed E-state index contributed by atoms with van der Waals surface area (Å²) in [5.74, 6) is 2.27. The maximum absolute atomic E-state index is 4.80. The Morgan fingerprint density at radius 2 is 2.32 bits per heavy atom. The van der Waals surface area contributed by atoms with E-state index in [1.165, 1.54) is 12.2 Å². The van der Waals surface area contributed by atoms with Crippen LogP contribution >= 0.6 is 47.1 Å². The van der Waals surface area contributed by atoms with Crippen LogP contribution in [0.2, 0.25) is 0 Å². The van der Waals surface area contributed by atoms with Gasteiger partial charge in [-0.05, 0) is 20.3 Å². The van der Waals surface area contributed by atoms with Crippen LogP contribution in [0.15, 0.2) is 10.4 Å². The molecule has 0 radical (unpaired) electrons. The molecule has 1 unspecified atom stereocenters. The second-order valence-corrected chi connectivity index (χ2v) is 7.66. The predicted octanol–water partition coefficient (Wildman–Crippen LogP) is 3.40. The minimum atomic E-state index is 0. The number of thioether (sulfide) groups is 1. The van der Waals surface area contributed by atoms with Crippen LogP contribution in [0.3, 0.4) is 0 Å². The highest BCUT2D eigenvalue weighted by atomic mass is 127. The third-order valence-corrected chi connectivity index (χ3v) is 5.72. The second-order valence-electron chi connectivity index (χ2n) is 5.19. The van der Waals surface area contributed by atoms with Crippen molar-refractivity contribution in [3.05, 3.63) is 16.1 Å². The van der Waals surface area contributed by atoms with E-state index in [4.69, 9.17) is 4.99 Å². The van der Waals surface area contributed by atoms with E-state index in [1.54, 1.807) is 11.3 Å². The molecule has 0 bridgehead atoms. The average Bonchev–Trinajstić information content (AvgIpc) is 2.92. The van der Waals surface area contributed by atoms with Crippen molar-refractivity contribution in [3.63, 3.8) is 0 Å². The first kappa shape index (κ1) is 20.0. The lowest BCUT2D eigenvalue weighted by atomic mass is 10.3. The van der Waals surface area contributed by atoms with Gasteiger partial charge in [0.25, 0.3) is 0 Å². The largest absolute Gasteiger partial charge is 0.357 e. The Kier molecular flexibility index (Phi) is 9.74. The summed E-state index contributed by atoms with van der Waals surface area (Å²) in [6.45, 7) is 10.4. The van der Waals surface area contributed by atoms with Crippen LogP contribution in [0.5, 0.6) is 0 Å². The predicted molar refractivity (Wildman–Crippen MR) is 110 cm³/mol. The standard InChI is InChI=1S/C15H26N4S2.HI/c1-4-14-10-19(8-9-20-14)15(16-5-2)17-7-6-13-11-21-12(3)18-13;/h11,14H,4-10H2,1-3H3,(H,16,17);1H. The lowest BCUT2D eigenvalue weighted by Gasteiger charge is -2.34. The quantitative estimate of drug-likeness (QED) is 0.421. The summed E-state index contributed by atoms with van der Waals surface area (Å²) in [4.78, 5) is 11.7. The van der Waals surface area contributed by atoms with Crippen LogP contribution in [-0.4, -0.2) is 53.0 Å². The van der Waals surface area contributed by atoms with Crippen molar-refractivity contribution in [3.8, 4) is 0 Å². The van der Waals surface area contributed by atoms with Gasteiger partial charge in [0.05, 0.1) is 10.7 Å². The van der Waals surface area contributed by atoms with E-state index in [9.17, 15) is 0 Å². The number of aromatic nitrogens is 1. The molecule has 1 aliphatic heterocycles. The molecule has 22 heavy (non-hydrogen) atoms. The Balaban J connectivity index is 0.00000242. The number of aryl methyl sites for hydroxylation is 1. The first-order valence-corrected chi connectivity index (χ1v) is 9.71. The number of rotatable bonds is 5. The highest BCUT2D eigenvalue weighted by Crippen LogP contribution is 2.21. The molecule has 0 spiro atoms. The third-order valence-electron chi connectivity index (χ3n) is 3.52. The van der Waals surface area contributed by atoms with E-state index in [2.05, 4.69) is 53.1 Å². The van der Waals surface area contributed by atoms with Gasteiger partial charge in [0, 0.05) is 49.0 Å². The van der Waals surface area contributed by atoms with Gasteiger partial charge in [0.1, 0.15) is 0 Å². The highest BCUT2D eigenvalue weighted by Gasteiger charge is 2.21. The molecule has 0 aromatic carbocycles. The van der Waals surface area contributed by atoms with Gasteiger partial charge in [0.15, 0.2) is 5.96 Å². The molecule has 1 aliphatic rings. The Labute approximate surface area is 159 Å². The van der Waals surface area contributed by atoms with Gasteiger partial charge in [0.2, 0.25) is 0 Å². The topological polar surface area (TPSA) is 40.5 Å². The molecule has 1 saturated heterocycles. The van der Waals surface area contributed by atoms with Gasteiger partial charge in [-0.1, -0.05) is 6.92 Å². The summed E-state index contributed by atoms with van der Waals surface area (Å²) in [6, 6.07) is 0. The zero-order valence-electron chi connectivity index (χ0n) is 13.7. The molecule has 1 aromatic heterocycles. The number of nitrogens with zero attached hydrogens (tertiary/aromatic N) is 3. The minimum Gasteiger partial charge on any atom is -0.357 e. The molecule has 1 aromatic rings. The zero-order chi connectivity index (χ0) is 15.1. The van der Waals surface area contributed by atoms with Crippen molar-refractivity contribution in [2.45, 2.75) is 38.9 Å². The SMILES string of the molecule is CCNC(=NCCc1csc(C)n1)N1CCSC(CC)C1.I. The normalized spacial score (nSPS) is 19.0. The lowest BCUT2D eigenvalue weighted by Crippen LogP contribution is -2.48. The molecule has 0 amide bonds. The van der Waals surface area contributed by atoms with Crippen molar-refractivity contribution >= 4 is 53.0 Å². The molecule has 7 heteroatoms. The van der Waals surface area contributed by atoms with Crippen molar-refractivity contribution in [1.29, 1.82) is 0 Å². The van der Waals surface area contributed by atoms with Gasteiger partial charge >= 0.3 is 0 Å². The van der Waals surface area contributed by atoms with Crippen LogP contribution in [0.1, 0.15) is 31.0 Å². The maximum atomic E-state index is 4.80.